The van der Waals surface area contributed by atoms with Crippen molar-refractivity contribution in [3.8, 4) is 5.75 Å². The van der Waals surface area contributed by atoms with Crippen molar-refractivity contribution < 1.29 is 41.9 Å². The van der Waals surface area contributed by atoms with E-state index < -0.39 is 23.5 Å². The number of hydrogen-bond acceptors (Lipinski definition) is 6. The zero-order valence-electron chi connectivity index (χ0n) is 18.9. The summed E-state index contributed by atoms with van der Waals surface area (Å²) in [5, 5.41) is 8.27. The van der Waals surface area contributed by atoms with Crippen LogP contribution in [0.3, 0.4) is 0 Å². The van der Waals surface area contributed by atoms with Gasteiger partial charge in [0.2, 0.25) is 0 Å². The Balaban J connectivity index is 0.000000592. The monoisotopic (exact) mass is 488 g/mol. The topological polar surface area (TPSA) is 95.9 Å². The molecule has 0 aliphatic carbocycles. The summed E-state index contributed by atoms with van der Waals surface area (Å²) in [5.41, 5.74) is 1.11. The summed E-state index contributed by atoms with van der Waals surface area (Å²) in [4.78, 5) is 29.1. The van der Waals surface area contributed by atoms with Crippen molar-refractivity contribution >= 4 is 19.5 Å². The number of hydroxylamine groups is 1. The second kappa shape index (κ2) is 15.5. The van der Waals surface area contributed by atoms with Crippen LogP contribution in [0.4, 0.5) is 17.6 Å². The maximum absolute atomic E-state index is 12.9. The smallest absolute Gasteiger partial charge is 0.416 e. The highest BCUT2D eigenvalue weighted by atomic mass is 19.4. The molecule has 1 aliphatic rings. The number of alkyl halides is 3. The van der Waals surface area contributed by atoms with Crippen LogP contribution in [-0.4, -0.2) is 55.8 Å². The van der Waals surface area contributed by atoms with Crippen LogP contribution in [0.5, 0.6) is 5.75 Å². The van der Waals surface area contributed by atoms with Gasteiger partial charge in [0.15, 0.2) is 0 Å². The second-order valence-electron chi connectivity index (χ2n) is 7.02. The number of halogens is 4. The average molecular weight is 488 g/mol. The van der Waals surface area contributed by atoms with Crippen LogP contribution in [-0.2, 0) is 15.8 Å². The van der Waals surface area contributed by atoms with Gasteiger partial charge < -0.3 is 19.2 Å². The van der Waals surface area contributed by atoms with Gasteiger partial charge >= 0.3 is 6.18 Å². The number of carbonyl (C=O) groups excluding carboxylic acids is 3. The second-order valence-corrected chi connectivity index (χ2v) is 7.02. The Morgan fingerprint density at radius 3 is 2.03 bits per heavy atom. The van der Waals surface area contributed by atoms with Gasteiger partial charge in [-0.25, -0.2) is 9.87 Å². The third kappa shape index (κ3) is 10.1. The van der Waals surface area contributed by atoms with Gasteiger partial charge in [0.25, 0.3) is 5.91 Å². The number of ether oxygens (including phenoxy) is 1. The first kappa shape index (κ1) is 30.7. The number of likely N-dealkylation sites (tertiary alicyclic amines) is 1. The van der Waals surface area contributed by atoms with E-state index in [4.69, 9.17) is 19.5 Å². The van der Waals surface area contributed by atoms with E-state index in [1.165, 1.54) is 23.7 Å². The Morgan fingerprint density at radius 2 is 1.59 bits per heavy atom. The number of nitrogens with zero attached hydrogens (tertiary/aromatic N) is 1. The fourth-order valence-electron chi connectivity index (χ4n) is 2.99. The zero-order chi connectivity index (χ0) is 26.3. The Labute approximate surface area is 195 Å². The molecular formula is C23H28F4N2O5. The van der Waals surface area contributed by atoms with Crippen LogP contribution in [0, 0.1) is 12.7 Å². The third-order valence-electron chi connectivity index (χ3n) is 4.70. The Hall–Kier alpha value is -3.31. The molecule has 1 fully saturated rings. The largest absolute Gasteiger partial charge is 0.490 e. The fraction of sp³-hybridized carbons (Fsp3) is 0.348. The van der Waals surface area contributed by atoms with Gasteiger partial charge in [-0.1, -0.05) is 12.1 Å². The van der Waals surface area contributed by atoms with Gasteiger partial charge in [-0.3, -0.25) is 10.0 Å². The van der Waals surface area contributed by atoms with Crippen molar-refractivity contribution in [2.45, 2.75) is 32.0 Å². The molecule has 7 nitrogen and oxygen atoms in total. The summed E-state index contributed by atoms with van der Waals surface area (Å²) in [5.74, 6) is -0.954. The number of carbonyl (C=O) groups is 3. The zero-order valence-corrected chi connectivity index (χ0v) is 18.9. The molecule has 3 rings (SSSR count). The van der Waals surface area contributed by atoms with E-state index in [0.717, 1.165) is 44.1 Å². The van der Waals surface area contributed by atoms with E-state index in [1.807, 2.05) is 20.6 Å². The summed E-state index contributed by atoms with van der Waals surface area (Å²) in [6.07, 6.45) is -2.35. The van der Waals surface area contributed by atoms with Crippen molar-refractivity contribution in [1.82, 2.24) is 10.4 Å². The predicted molar refractivity (Wildman–Crippen MR) is 117 cm³/mol. The minimum Gasteiger partial charge on any atom is -0.490 e. The molecule has 0 bridgehead atoms. The highest BCUT2D eigenvalue weighted by Crippen LogP contribution is 2.30. The van der Waals surface area contributed by atoms with Crippen LogP contribution in [0.2, 0.25) is 0 Å². The Bertz CT molecular complexity index is 848. The summed E-state index contributed by atoms with van der Waals surface area (Å²) < 4.78 is 55.7. The van der Waals surface area contributed by atoms with E-state index in [0.29, 0.717) is 11.3 Å². The molecule has 2 aromatic carbocycles. The minimum absolute atomic E-state index is 0.109. The first-order valence-corrected chi connectivity index (χ1v) is 9.91. The van der Waals surface area contributed by atoms with Crippen LogP contribution in [0.15, 0.2) is 42.5 Å². The number of aryl methyl sites for hydroxylation is 1. The number of rotatable bonds is 3. The van der Waals surface area contributed by atoms with Gasteiger partial charge in [0.1, 0.15) is 31.2 Å². The number of nitrogens with one attached hydrogen (secondary N) is 1. The van der Waals surface area contributed by atoms with Crippen molar-refractivity contribution in [1.29, 1.82) is 0 Å². The molecular weight excluding hydrogens is 460 g/mol. The van der Waals surface area contributed by atoms with E-state index in [9.17, 15) is 22.4 Å². The summed E-state index contributed by atoms with van der Waals surface area (Å²) in [7, 11) is 2.05. The Morgan fingerprint density at radius 1 is 1.06 bits per heavy atom. The minimum atomic E-state index is -4.29. The molecule has 0 saturated carbocycles. The molecule has 2 N–H and O–H groups in total. The van der Waals surface area contributed by atoms with Crippen LogP contribution in [0.25, 0.3) is 0 Å². The highest BCUT2D eigenvalue weighted by Gasteiger charge is 2.30. The summed E-state index contributed by atoms with van der Waals surface area (Å²) in [6.45, 7) is 7.52. The molecule has 1 heterocycles. The molecule has 1 amide bonds. The first-order valence-electron chi connectivity index (χ1n) is 9.91. The summed E-state index contributed by atoms with van der Waals surface area (Å²) in [6, 6.07) is 9.15. The molecule has 0 radical (unpaired) electrons. The number of benzene rings is 2. The lowest BCUT2D eigenvalue weighted by atomic mass is 10.1. The number of piperidine rings is 1. The molecule has 1 saturated heterocycles. The summed E-state index contributed by atoms with van der Waals surface area (Å²) >= 11 is 0. The van der Waals surface area contributed by atoms with Crippen LogP contribution < -0.4 is 10.2 Å². The normalized spacial score (nSPS) is 13.6. The van der Waals surface area contributed by atoms with Crippen molar-refractivity contribution in [2.75, 3.05) is 20.1 Å². The number of amides is 1. The number of hydrogen-bond donors (Lipinski definition) is 2. The van der Waals surface area contributed by atoms with Gasteiger partial charge in [-0.2, -0.15) is 13.2 Å². The first-order chi connectivity index (χ1) is 16.1. The van der Waals surface area contributed by atoms with Crippen molar-refractivity contribution in [2.24, 2.45) is 0 Å². The lowest BCUT2D eigenvalue weighted by Gasteiger charge is -2.29. The lowest BCUT2D eigenvalue weighted by molar-refractivity contribution is -0.137. The van der Waals surface area contributed by atoms with Crippen LogP contribution in [0.1, 0.15) is 34.3 Å². The van der Waals surface area contributed by atoms with Gasteiger partial charge in [0.05, 0.1) is 11.1 Å². The fourth-order valence-corrected chi connectivity index (χ4v) is 2.99. The van der Waals surface area contributed by atoms with E-state index in [2.05, 4.69) is 4.90 Å². The van der Waals surface area contributed by atoms with E-state index >= 15 is 0 Å². The molecule has 0 atom stereocenters. The highest BCUT2D eigenvalue weighted by molar-refractivity contribution is 5.95. The lowest BCUT2D eigenvalue weighted by Crippen LogP contribution is -2.35. The molecule has 2 aromatic rings. The van der Waals surface area contributed by atoms with Gasteiger partial charge in [-0.15, -0.1) is 0 Å². The quantitative estimate of drug-likeness (QED) is 0.384. The maximum Gasteiger partial charge on any atom is 0.416 e. The van der Waals surface area contributed by atoms with Crippen molar-refractivity contribution in [3.05, 3.63) is 65.0 Å². The predicted octanol–water partition coefficient (Wildman–Crippen LogP) is 4.06. The van der Waals surface area contributed by atoms with E-state index in [1.54, 1.807) is 13.0 Å². The molecule has 0 spiro atoms. The molecule has 11 heteroatoms. The molecule has 0 unspecified atom stereocenters. The molecule has 0 aromatic heterocycles. The molecule has 34 heavy (non-hydrogen) atoms. The van der Waals surface area contributed by atoms with Crippen LogP contribution >= 0.6 is 0 Å². The molecule has 1 aliphatic heterocycles. The van der Waals surface area contributed by atoms with Gasteiger partial charge in [0, 0.05) is 13.1 Å². The van der Waals surface area contributed by atoms with E-state index in [-0.39, 0.29) is 11.7 Å². The van der Waals surface area contributed by atoms with Crippen molar-refractivity contribution in [3.63, 3.8) is 0 Å². The maximum atomic E-state index is 12.9. The third-order valence-corrected chi connectivity index (χ3v) is 4.70. The standard InChI is InChI=1S/C13H16F3NO.C8H8FNO2.2CH2O/c1-17-8-6-12(7-9-17)18-11-4-2-10(3-5-11)13(14,15)16;1-5-3-2-4-6(9)7(5)8(11)10-12;2*1-2/h2-5,12H,6-9H2,1H3;2-4,12H,1H3,(H,10,11);2*1H2. The average Bonchev–Trinajstić information content (AvgIpc) is 2.83. The Kier molecular flexibility index (Phi) is 14.0. The SMILES string of the molecule is C=O.C=O.CN1CCC(Oc2ccc(C(F)(F)F)cc2)CC1.Cc1cccc(F)c1C(=O)NO. The molecule has 188 valence electrons. The van der Waals surface area contributed by atoms with Gasteiger partial charge in [-0.05, 0) is 62.7 Å².